The van der Waals surface area contributed by atoms with E-state index in [1.54, 1.807) is 0 Å². The highest BCUT2D eigenvalue weighted by Crippen LogP contribution is 2.47. The van der Waals surface area contributed by atoms with E-state index in [2.05, 4.69) is 144 Å². The van der Waals surface area contributed by atoms with Crippen molar-refractivity contribution in [2.75, 3.05) is 0 Å². The molecule has 0 spiro atoms. The molecule has 0 radical (unpaired) electrons. The van der Waals surface area contributed by atoms with Crippen LogP contribution in [0.1, 0.15) is 0 Å². The van der Waals surface area contributed by atoms with Crippen molar-refractivity contribution >= 4 is 21.8 Å². The summed E-state index contributed by atoms with van der Waals surface area (Å²) in [7, 11) is 0. The lowest BCUT2D eigenvalue weighted by atomic mass is 9.92. The second-order valence-electron chi connectivity index (χ2n) is 11.0. The van der Waals surface area contributed by atoms with Crippen molar-refractivity contribution in [3.63, 3.8) is 0 Å². The highest BCUT2D eigenvalue weighted by atomic mass is 15.0. The fraction of sp³-hybridized carbons (Fsp3) is 0. The highest BCUT2D eigenvalue weighted by molar-refractivity contribution is 6.16. The molecule has 0 atom stereocenters. The Morgan fingerprint density at radius 1 is 0.395 bits per heavy atom. The molecule has 200 valence electrons. The van der Waals surface area contributed by atoms with Gasteiger partial charge in [-0.2, -0.15) is 0 Å². The number of para-hydroxylation sites is 2. The van der Waals surface area contributed by atoms with Crippen LogP contribution in [0.15, 0.2) is 152 Å². The fourth-order valence-corrected chi connectivity index (χ4v) is 6.61. The standard InChI is InChI=1S/C40H25N3/c1-3-12-26(13-4-1)35-25-36(27-14-5-2-6-15-27)42-40(41-35)28-22-23-38-34(24-28)30-17-8-7-16-29(30)32-19-11-20-33-31-18-9-10-21-37(31)43(38)39(32)33/h1-25H. The molecule has 43 heavy (non-hydrogen) atoms. The van der Waals surface area contributed by atoms with E-state index >= 15 is 0 Å². The van der Waals surface area contributed by atoms with Crippen LogP contribution in [0, 0.1) is 0 Å². The quantitative estimate of drug-likeness (QED) is 0.220. The van der Waals surface area contributed by atoms with Crippen LogP contribution in [0.25, 0.3) is 83.6 Å². The molecule has 0 amide bonds. The third kappa shape index (κ3) is 3.68. The van der Waals surface area contributed by atoms with Crippen molar-refractivity contribution in [3.8, 4) is 61.8 Å². The monoisotopic (exact) mass is 547 g/mol. The molecule has 0 fully saturated rings. The van der Waals surface area contributed by atoms with Gasteiger partial charge in [0.05, 0.1) is 28.1 Å². The van der Waals surface area contributed by atoms with Crippen LogP contribution in [0.5, 0.6) is 0 Å². The molecule has 1 aliphatic heterocycles. The van der Waals surface area contributed by atoms with Crippen LogP contribution < -0.4 is 0 Å². The van der Waals surface area contributed by atoms with Crippen molar-refractivity contribution in [1.82, 2.24) is 14.5 Å². The molecule has 0 unspecified atom stereocenters. The first-order valence-corrected chi connectivity index (χ1v) is 14.6. The molecule has 0 saturated heterocycles. The van der Waals surface area contributed by atoms with Crippen LogP contribution in [0.4, 0.5) is 0 Å². The molecule has 0 N–H and O–H groups in total. The molecule has 0 bridgehead atoms. The predicted molar refractivity (Wildman–Crippen MR) is 177 cm³/mol. The van der Waals surface area contributed by atoms with E-state index in [1.807, 2.05) is 12.1 Å². The third-order valence-electron chi connectivity index (χ3n) is 8.56. The average Bonchev–Trinajstić information content (AvgIpc) is 3.37. The second kappa shape index (κ2) is 9.37. The van der Waals surface area contributed by atoms with Gasteiger partial charge < -0.3 is 4.57 Å². The molecule has 6 aromatic carbocycles. The van der Waals surface area contributed by atoms with E-state index in [1.165, 1.54) is 44.1 Å². The minimum atomic E-state index is 0.713. The van der Waals surface area contributed by atoms with Gasteiger partial charge in [0, 0.05) is 38.6 Å². The number of nitrogens with zero attached hydrogens (tertiary/aromatic N) is 3. The summed E-state index contributed by atoms with van der Waals surface area (Å²) in [5, 5.41) is 2.53. The Bertz CT molecular complexity index is 2280. The zero-order valence-electron chi connectivity index (χ0n) is 23.3. The third-order valence-corrected chi connectivity index (χ3v) is 8.56. The Morgan fingerprint density at radius 3 is 1.70 bits per heavy atom. The molecule has 3 heteroatoms. The van der Waals surface area contributed by atoms with Gasteiger partial charge in [0.1, 0.15) is 0 Å². The Kier molecular flexibility index (Phi) is 5.20. The highest BCUT2D eigenvalue weighted by Gasteiger charge is 2.24. The number of hydrogen-bond acceptors (Lipinski definition) is 2. The summed E-state index contributed by atoms with van der Waals surface area (Å²) in [4.78, 5) is 10.3. The topological polar surface area (TPSA) is 30.7 Å². The van der Waals surface area contributed by atoms with Crippen molar-refractivity contribution in [3.05, 3.63) is 152 Å². The largest absolute Gasteiger partial charge is 0.308 e. The molecular formula is C40H25N3. The molecule has 8 aromatic rings. The van der Waals surface area contributed by atoms with E-state index in [-0.39, 0.29) is 0 Å². The van der Waals surface area contributed by atoms with Crippen molar-refractivity contribution in [2.45, 2.75) is 0 Å². The minimum Gasteiger partial charge on any atom is -0.308 e. The van der Waals surface area contributed by atoms with Gasteiger partial charge in [0.2, 0.25) is 0 Å². The molecule has 0 saturated carbocycles. The number of aromatic nitrogens is 3. The first kappa shape index (κ1) is 23.9. The van der Waals surface area contributed by atoms with Crippen LogP contribution in [-0.4, -0.2) is 14.5 Å². The summed E-state index contributed by atoms with van der Waals surface area (Å²) in [5.41, 5.74) is 13.4. The van der Waals surface area contributed by atoms with Crippen LogP contribution >= 0.6 is 0 Å². The van der Waals surface area contributed by atoms with Gasteiger partial charge in [0.15, 0.2) is 5.82 Å². The number of rotatable bonds is 3. The fourth-order valence-electron chi connectivity index (χ4n) is 6.61. The van der Waals surface area contributed by atoms with Crippen LogP contribution in [-0.2, 0) is 0 Å². The summed E-state index contributed by atoms with van der Waals surface area (Å²) in [5.74, 6) is 0.713. The lowest BCUT2D eigenvalue weighted by molar-refractivity contribution is 1.17. The predicted octanol–water partition coefficient (Wildman–Crippen LogP) is 10.2. The van der Waals surface area contributed by atoms with Gasteiger partial charge in [-0.15, -0.1) is 0 Å². The van der Waals surface area contributed by atoms with Gasteiger partial charge in [-0.25, -0.2) is 9.97 Å². The molecule has 9 rings (SSSR count). The van der Waals surface area contributed by atoms with E-state index in [9.17, 15) is 0 Å². The molecule has 2 aromatic heterocycles. The van der Waals surface area contributed by atoms with E-state index < -0.39 is 0 Å². The number of hydrogen-bond donors (Lipinski definition) is 0. The number of benzene rings is 6. The van der Waals surface area contributed by atoms with Crippen molar-refractivity contribution in [1.29, 1.82) is 0 Å². The molecule has 3 nitrogen and oxygen atoms in total. The summed E-state index contributed by atoms with van der Waals surface area (Å²) in [6.07, 6.45) is 0. The Morgan fingerprint density at radius 2 is 0.977 bits per heavy atom. The summed E-state index contributed by atoms with van der Waals surface area (Å²) in [6, 6.07) is 53.6. The van der Waals surface area contributed by atoms with Gasteiger partial charge >= 0.3 is 0 Å². The first-order valence-electron chi connectivity index (χ1n) is 14.6. The molecular weight excluding hydrogens is 522 g/mol. The maximum atomic E-state index is 5.13. The van der Waals surface area contributed by atoms with Crippen molar-refractivity contribution < 1.29 is 0 Å². The average molecular weight is 548 g/mol. The summed E-state index contributed by atoms with van der Waals surface area (Å²) >= 11 is 0. The zero-order valence-corrected chi connectivity index (χ0v) is 23.3. The van der Waals surface area contributed by atoms with E-state index in [0.29, 0.717) is 5.82 Å². The summed E-state index contributed by atoms with van der Waals surface area (Å²) in [6.45, 7) is 0. The van der Waals surface area contributed by atoms with Crippen LogP contribution in [0.2, 0.25) is 0 Å². The SMILES string of the molecule is c1ccc(-c2cc(-c3ccccc3)nc(-c3ccc4c(c3)-c3ccccc3-c3cccc5c6ccccc6n-4c35)n2)cc1. The van der Waals surface area contributed by atoms with Crippen LogP contribution in [0.3, 0.4) is 0 Å². The normalized spacial score (nSPS) is 11.7. The molecule has 0 aliphatic carbocycles. The van der Waals surface area contributed by atoms with Crippen molar-refractivity contribution in [2.24, 2.45) is 0 Å². The maximum Gasteiger partial charge on any atom is 0.160 e. The van der Waals surface area contributed by atoms with Gasteiger partial charge in [-0.1, -0.05) is 121 Å². The smallest absolute Gasteiger partial charge is 0.160 e. The van der Waals surface area contributed by atoms with Gasteiger partial charge in [-0.3, -0.25) is 0 Å². The second-order valence-corrected chi connectivity index (χ2v) is 11.0. The summed E-state index contributed by atoms with van der Waals surface area (Å²) < 4.78 is 2.44. The molecule has 1 aliphatic rings. The lowest BCUT2D eigenvalue weighted by Crippen LogP contribution is -1.99. The lowest BCUT2D eigenvalue weighted by Gasteiger charge is -2.15. The molecule has 3 heterocycles. The Labute approximate surface area is 249 Å². The minimum absolute atomic E-state index is 0.713. The maximum absolute atomic E-state index is 5.13. The van der Waals surface area contributed by atoms with Gasteiger partial charge in [0.25, 0.3) is 0 Å². The Balaban J connectivity index is 1.33. The zero-order chi connectivity index (χ0) is 28.3. The van der Waals surface area contributed by atoms with Gasteiger partial charge in [-0.05, 0) is 41.5 Å². The number of fused-ring (bicyclic) bond motifs is 8. The van der Waals surface area contributed by atoms with E-state index in [0.717, 1.165) is 33.8 Å². The Hall–Kier alpha value is -5.80. The first-order chi connectivity index (χ1) is 21.3. The van der Waals surface area contributed by atoms with E-state index in [4.69, 9.17) is 9.97 Å².